The minimum absolute atomic E-state index is 0.0293. The topological polar surface area (TPSA) is 54.6 Å². The number of aromatic nitrogens is 1. The minimum atomic E-state index is -0.363. The molecule has 1 aromatic heterocycles. The molecule has 3 aromatic rings. The van der Waals surface area contributed by atoms with Gasteiger partial charge in [0.15, 0.2) is 3.95 Å². The van der Waals surface area contributed by atoms with Crippen LogP contribution in [-0.2, 0) is 4.79 Å². The normalized spacial score (nSPS) is 13.0. The number of nitrogens with zero attached hydrogens (tertiary/aromatic N) is 2. The number of aryl methyl sites for hydroxylation is 2. The summed E-state index contributed by atoms with van der Waals surface area (Å²) in [6.07, 6.45) is 0. The molecule has 0 saturated carbocycles. The van der Waals surface area contributed by atoms with Crippen LogP contribution in [0.1, 0.15) is 16.0 Å². The quantitative estimate of drug-likeness (QED) is 0.612. The third kappa shape index (κ3) is 2.67. The summed E-state index contributed by atoms with van der Waals surface area (Å²) in [5.41, 5.74) is 3.32. The summed E-state index contributed by atoms with van der Waals surface area (Å²) in [5, 5.41) is 12.2. The minimum Gasteiger partial charge on any atom is -0.493 e. The van der Waals surface area contributed by atoms with Gasteiger partial charge in [-0.1, -0.05) is 33.6 Å². The van der Waals surface area contributed by atoms with Crippen LogP contribution in [0.3, 0.4) is 0 Å². The summed E-state index contributed by atoms with van der Waals surface area (Å²) in [7, 11) is 0. The lowest BCUT2D eigenvalue weighted by atomic mass is 10.1. The van der Waals surface area contributed by atoms with Gasteiger partial charge in [-0.05, 0) is 55.9 Å². The van der Waals surface area contributed by atoms with E-state index in [-0.39, 0.29) is 11.8 Å². The maximum absolute atomic E-state index is 12.5. The molecule has 1 amide bonds. The van der Waals surface area contributed by atoms with E-state index in [1.54, 1.807) is 10.6 Å². The summed E-state index contributed by atoms with van der Waals surface area (Å²) in [6.45, 7) is 3.98. The zero-order valence-electron chi connectivity index (χ0n) is 13.9. The molecule has 4 rings (SSSR count). The second kappa shape index (κ2) is 6.26. The Hall–Kier alpha value is -2.09. The van der Waals surface area contributed by atoms with Crippen LogP contribution in [0.15, 0.2) is 45.9 Å². The predicted octanol–water partition coefficient (Wildman–Crippen LogP) is 3.71. The number of benzene rings is 2. The molecule has 0 atom stereocenters. The Morgan fingerprint density at radius 2 is 1.96 bits per heavy atom. The van der Waals surface area contributed by atoms with Gasteiger partial charge in [0, 0.05) is 9.69 Å². The van der Waals surface area contributed by atoms with Gasteiger partial charge in [0.1, 0.15) is 4.88 Å². The first-order chi connectivity index (χ1) is 12.4. The lowest BCUT2D eigenvalue weighted by molar-refractivity contribution is -0.112. The molecule has 7 heteroatoms. The van der Waals surface area contributed by atoms with E-state index in [9.17, 15) is 9.90 Å². The van der Waals surface area contributed by atoms with E-state index in [1.807, 2.05) is 44.2 Å². The molecule has 1 aliphatic heterocycles. The van der Waals surface area contributed by atoms with Crippen LogP contribution in [0.25, 0.3) is 11.3 Å². The van der Waals surface area contributed by atoms with E-state index in [0.29, 0.717) is 25.0 Å². The molecule has 0 radical (unpaired) electrons. The highest BCUT2D eigenvalue weighted by atomic mass is 79.9. The van der Waals surface area contributed by atoms with Crippen molar-refractivity contribution in [3.63, 3.8) is 0 Å². The zero-order chi connectivity index (χ0) is 18.6. The maximum atomic E-state index is 12.5. The molecule has 26 heavy (non-hydrogen) atoms. The van der Waals surface area contributed by atoms with E-state index in [0.717, 1.165) is 21.3 Å². The second-order valence-electron chi connectivity index (χ2n) is 6.10. The SMILES string of the molecule is Cc1ccc(-n2c(O)c(C3=c4cc(Br)ccc4=NC3=O)sc2=S)c(C)c1. The second-order valence-corrected chi connectivity index (χ2v) is 8.66. The van der Waals surface area contributed by atoms with Gasteiger partial charge >= 0.3 is 0 Å². The Kier molecular flexibility index (Phi) is 4.17. The first kappa shape index (κ1) is 17.3. The van der Waals surface area contributed by atoms with Crippen molar-refractivity contribution in [2.45, 2.75) is 13.8 Å². The van der Waals surface area contributed by atoms with Crippen LogP contribution in [-0.4, -0.2) is 15.6 Å². The smallest absolute Gasteiger partial charge is 0.279 e. The number of halogens is 1. The van der Waals surface area contributed by atoms with Crippen LogP contribution in [0.4, 0.5) is 0 Å². The van der Waals surface area contributed by atoms with Gasteiger partial charge in [-0.25, -0.2) is 4.99 Å². The first-order valence-electron chi connectivity index (χ1n) is 7.82. The monoisotopic (exact) mass is 444 g/mol. The first-order valence-corrected chi connectivity index (χ1v) is 9.84. The van der Waals surface area contributed by atoms with Gasteiger partial charge in [0.05, 0.1) is 16.6 Å². The van der Waals surface area contributed by atoms with Crippen LogP contribution in [0.2, 0.25) is 0 Å². The van der Waals surface area contributed by atoms with Crippen molar-refractivity contribution in [2.24, 2.45) is 4.99 Å². The molecule has 0 unspecified atom stereocenters. The van der Waals surface area contributed by atoms with Gasteiger partial charge in [0.2, 0.25) is 5.88 Å². The van der Waals surface area contributed by atoms with Crippen LogP contribution < -0.4 is 10.6 Å². The van der Waals surface area contributed by atoms with E-state index in [1.165, 1.54) is 11.3 Å². The molecule has 0 aliphatic carbocycles. The predicted molar refractivity (Wildman–Crippen MR) is 108 cm³/mol. The highest BCUT2D eigenvalue weighted by molar-refractivity contribution is 9.10. The summed E-state index contributed by atoms with van der Waals surface area (Å²) < 4.78 is 2.93. The highest BCUT2D eigenvalue weighted by Crippen LogP contribution is 2.35. The van der Waals surface area contributed by atoms with E-state index >= 15 is 0 Å². The zero-order valence-corrected chi connectivity index (χ0v) is 17.1. The van der Waals surface area contributed by atoms with E-state index in [2.05, 4.69) is 20.9 Å². The maximum Gasteiger partial charge on any atom is 0.279 e. The Balaban J connectivity index is 2.02. The number of hydrogen-bond donors (Lipinski definition) is 1. The van der Waals surface area contributed by atoms with E-state index < -0.39 is 0 Å². The van der Waals surface area contributed by atoms with Crippen molar-refractivity contribution in [2.75, 3.05) is 0 Å². The Morgan fingerprint density at radius 1 is 1.19 bits per heavy atom. The van der Waals surface area contributed by atoms with Crippen LogP contribution in [0, 0.1) is 17.8 Å². The summed E-state index contributed by atoms with van der Waals surface area (Å²) >= 11 is 10.1. The molecule has 4 nitrogen and oxygen atoms in total. The van der Waals surface area contributed by atoms with Gasteiger partial charge in [-0.15, -0.1) is 11.3 Å². The van der Waals surface area contributed by atoms with Gasteiger partial charge in [0.25, 0.3) is 5.91 Å². The molecule has 0 bridgehead atoms. The number of amides is 1. The third-order valence-corrected chi connectivity index (χ3v) is 6.14. The summed E-state index contributed by atoms with van der Waals surface area (Å²) in [6, 6.07) is 11.4. The van der Waals surface area contributed by atoms with Gasteiger partial charge in [-0.2, -0.15) is 0 Å². The Morgan fingerprint density at radius 3 is 2.69 bits per heavy atom. The molecule has 1 N–H and O–H groups in total. The Labute approximate surface area is 166 Å². The molecule has 2 heterocycles. The average Bonchev–Trinajstić information content (AvgIpc) is 3.03. The van der Waals surface area contributed by atoms with Crippen molar-refractivity contribution in [1.82, 2.24) is 4.57 Å². The highest BCUT2D eigenvalue weighted by Gasteiger charge is 2.26. The average molecular weight is 445 g/mol. The lowest BCUT2D eigenvalue weighted by Crippen LogP contribution is -2.22. The van der Waals surface area contributed by atoms with Crippen LogP contribution in [0.5, 0.6) is 5.88 Å². The molecule has 0 saturated heterocycles. The van der Waals surface area contributed by atoms with Crippen molar-refractivity contribution < 1.29 is 9.90 Å². The van der Waals surface area contributed by atoms with Gasteiger partial charge < -0.3 is 5.11 Å². The van der Waals surface area contributed by atoms with E-state index in [4.69, 9.17) is 12.2 Å². The fraction of sp³-hybridized carbons (Fsp3) is 0.105. The third-order valence-electron chi connectivity index (χ3n) is 4.27. The fourth-order valence-electron chi connectivity index (χ4n) is 3.10. The fourth-order valence-corrected chi connectivity index (χ4v) is 4.83. The van der Waals surface area contributed by atoms with Gasteiger partial charge in [-0.3, -0.25) is 9.36 Å². The summed E-state index contributed by atoms with van der Waals surface area (Å²) in [5.74, 6) is -0.393. The standard InChI is InChI=1S/C19H13BrN2O2S2/c1-9-3-6-14(10(2)7-9)22-18(24)16(26-19(22)25)15-12-8-11(20)4-5-13(12)21-17(15)23/h3-8,24H,1-2H3. The molecule has 0 fully saturated rings. The van der Waals surface area contributed by atoms with Crippen molar-refractivity contribution in [3.8, 4) is 11.6 Å². The van der Waals surface area contributed by atoms with Crippen molar-refractivity contribution in [3.05, 3.63) is 71.4 Å². The number of aromatic hydroxyl groups is 1. The molecular weight excluding hydrogens is 432 g/mol. The summed E-state index contributed by atoms with van der Waals surface area (Å²) in [4.78, 5) is 17.0. The number of fused-ring (bicyclic) bond motifs is 1. The van der Waals surface area contributed by atoms with Crippen LogP contribution >= 0.6 is 39.5 Å². The number of carbonyl (C=O) groups is 1. The molecule has 0 spiro atoms. The molecule has 1 aliphatic rings. The van der Waals surface area contributed by atoms with Crippen molar-refractivity contribution >= 4 is 51.0 Å². The molecular formula is C19H13BrN2O2S2. The Bertz CT molecular complexity index is 1270. The number of carbonyl (C=O) groups excluding carboxylic acids is 1. The number of rotatable bonds is 2. The largest absolute Gasteiger partial charge is 0.493 e. The number of hydrogen-bond acceptors (Lipinski definition) is 4. The lowest BCUT2D eigenvalue weighted by Gasteiger charge is -2.09. The number of thiazole rings is 1. The molecule has 130 valence electrons. The van der Waals surface area contributed by atoms with Crippen molar-refractivity contribution in [1.29, 1.82) is 0 Å². The molecule has 2 aromatic carbocycles.